The number of hydrogen-bond donors (Lipinski definition) is 0. The van der Waals surface area contributed by atoms with E-state index in [4.69, 9.17) is 0 Å². The third-order valence-corrected chi connectivity index (χ3v) is 4.65. The summed E-state index contributed by atoms with van der Waals surface area (Å²) in [5, 5.41) is 0. The molecule has 2 heterocycles. The Bertz CT molecular complexity index is 604. The Morgan fingerprint density at radius 3 is 2.36 bits per heavy atom. The molecule has 1 fully saturated rings. The summed E-state index contributed by atoms with van der Waals surface area (Å²) in [6, 6.07) is 14.2. The Hall–Kier alpha value is -2.16. The fourth-order valence-electron chi connectivity index (χ4n) is 3.23. The average Bonchev–Trinajstić information content (AvgIpc) is 2.62. The van der Waals surface area contributed by atoms with Gasteiger partial charge in [-0.2, -0.15) is 0 Å². The van der Waals surface area contributed by atoms with Crippen molar-refractivity contribution in [3.8, 4) is 0 Å². The fourth-order valence-corrected chi connectivity index (χ4v) is 3.23. The number of likely N-dealkylation sites (tertiary alicyclic amines) is 1. The van der Waals surface area contributed by atoms with Gasteiger partial charge in [0.25, 0.3) is 0 Å². The van der Waals surface area contributed by atoms with Gasteiger partial charge in [0, 0.05) is 25.5 Å². The van der Waals surface area contributed by atoms with E-state index in [2.05, 4.69) is 17.1 Å². The van der Waals surface area contributed by atoms with E-state index in [1.807, 2.05) is 54.5 Å². The minimum atomic E-state index is -0.0568. The zero-order valence-electron chi connectivity index (χ0n) is 13.0. The zero-order chi connectivity index (χ0) is 15.4. The molecule has 0 aliphatic carbocycles. The highest BCUT2D eigenvalue weighted by Gasteiger charge is 2.27. The van der Waals surface area contributed by atoms with Crippen LogP contribution in [-0.4, -0.2) is 28.9 Å². The van der Waals surface area contributed by atoms with Crippen LogP contribution in [0, 0.1) is 0 Å². The lowest BCUT2D eigenvalue weighted by Crippen LogP contribution is -2.40. The minimum absolute atomic E-state index is 0.0568. The van der Waals surface area contributed by atoms with Crippen LogP contribution in [0.4, 0.5) is 0 Å². The van der Waals surface area contributed by atoms with Gasteiger partial charge in [-0.25, -0.2) is 0 Å². The van der Waals surface area contributed by atoms with Gasteiger partial charge in [0.15, 0.2) is 0 Å². The van der Waals surface area contributed by atoms with Crippen LogP contribution in [-0.2, 0) is 4.79 Å². The van der Waals surface area contributed by atoms with Crippen LogP contribution in [0.3, 0.4) is 0 Å². The molecule has 1 aliphatic heterocycles. The molecule has 114 valence electrons. The van der Waals surface area contributed by atoms with Crippen molar-refractivity contribution in [3.05, 3.63) is 66.0 Å². The summed E-state index contributed by atoms with van der Waals surface area (Å²) in [5.74, 6) is 0.747. The summed E-state index contributed by atoms with van der Waals surface area (Å²) in [6.07, 6.45) is 5.78. The van der Waals surface area contributed by atoms with E-state index in [0.29, 0.717) is 5.92 Å². The second-order valence-corrected chi connectivity index (χ2v) is 6.01. The van der Waals surface area contributed by atoms with Crippen LogP contribution < -0.4 is 0 Å². The molecular formula is C19H22N2O. The number of pyridine rings is 1. The number of benzene rings is 1. The molecule has 0 spiro atoms. The molecule has 1 atom stereocenters. The summed E-state index contributed by atoms with van der Waals surface area (Å²) in [6.45, 7) is 3.71. The van der Waals surface area contributed by atoms with Crippen LogP contribution in [0.2, 0.25) is 0 Å². The third-order valence-electron chi connectivity index (χ3n) is 4.65. The number of amides is 1. The van der Waals surface area contributed by atoms with E-state index >= 15 is 0 Å². The molecule has 1 saturated heterocycles. The lowest BCUT2D eigenvalue weighted by Gasteiger charge is -2.34. The Kier molecular flexibility index (Phi) is 4.52. The normalized spacial score (nSPS) is 17.2. The van der Waals surface area contributed by atoms with Crippen LogP contribution in [0.25, 0.3) is 0 Å². The van der Waals surface area contributed by atoms with Crippen molar-refractivity contribution in [1.29, 1.82) is 0 Å². The first kappa shape index (κ1) is 14.8. The van der Waals surface area contributed by atoms with E-state index in [1.165, 1.54) is 5.56 Å². The second kappa shape index (κ2) is 6.73. The maximum absolute atomic E-state index is 12.7. The predicted molar refractivity (Wildman–Crippen MR) is 87.6 cm³/mol. The topological polar surface area (TPSA) is 33.2 Å². The van der Waals surface area contributed by atoms with Crippen molar-refractivity contribution in [2.24, 2.45) is 0 Å². The molecule has 0 N–H and O–H groups in total. The van der Waals surface area contributed by atoms with E-state index < -0.39 is 0 Å². The van der Waals surface area contributed by atoms with Gasteiger partial charge in [-0.15, -0.1) is 0 Å². The van der Waals surface area contributed by atoms with Gasteiger partial charge in [-0.3, -0.25) is 9.78 Å². The van der Waals surface area contributed by atoms with Crippen molar-refractivity contribution >= 4 is 5.91 Å². The Balaban J connectivity index is 1.60. The van der Waals surface area contributed by atoms with Crippen LogP contribution in [0.5, 0.6) is 0 Å². The van der Waals surface area contributed by atoms with Crippen LogP contribution in [0.1, 0.15) is 42.7 Å². The molecule has 0 radical (unpaired) electrons. The third kappa shape index (κ3) is 3.19. The van der Waals surface area contributed by atoms with Gasteiger partial charge >= 0.3 is 0 Å². The number of piperidine rings is 1. The lowest BCUT2D eigenvalue weighted by atomic mass is 9.89. The van der Waals surface area contributed by atoms with Crippen molar-refractivity contribution in [1.82, 2.24) is 9.88 Å². The molecule has 3 rings (SSSR count). The van der Waals surface area contributed by atoms with Crippen molar-refractivity contribution < 1.29 is 4.79 Å². The maximum Gasteiger partial charge on any atom is 0.229 e. The molecule has 2 aromatic rings. The van der Waals surface area contributed by atoms with Crippen molar-refractivity contribution in [3.63, 3.8) is 0 Å². The Morgan fingerprint density at radius 1 is 1.09 bits per heavy atom. The standard InChI is InChI=1S/C19H22N2O/c1-15(16-5-3-2-4-6-16)19(22)21-13-9-18(10-14-21)17-7-11-20-12-8-17/h2-8,11-12,15,18H,9-10,13-14H2,1H3/t15-/m0/s1. The lowest BCUT2D eigenvalue weighted by molar-refractivity contribution is -0.133. The highest BCUT2D eigenvalue weighted by atomic mass is 16.2. The molecule has 3 nitrogen and oxygen atoms in total. The summed E-state index contributed by atoms with van der Waals surface area (Å²) in [4.78, 5) is 18.8. The molecule has 1 aromatic carbocycles. The average molecular weight is 294 g/mol. The van der Waals surface area contributed by atoms with Gasteiger partial charge in [0.05, 0.1) is 5.92 Å². The van der Waals surface area contributed by atoms with Gasteiger partial charge in [-0.1, -0.05) is 30.3 Å². The van der Waals surface area contributed by atoms with E-state index in [9.17, 15) is 4.79 Å². The smallest absolute Gasteiger partial charge is 0.229 e. The monoisotopic (exact) mass is 294 g/mol. The van der Waals surface area contributed by atoms with Gasteiger partial charge in [0.2, 0.25) is 5.91 Å². The zero-order valence-corrected chi connectivity index (χ0v) is 13.0. The number of carbonyl (C=O) groups excluding carboxylic acids is 1. The van der Waals surface area contributed by atoms with E-state index in [0.717, 1.165) is 31.5 Å². The SMILES string of the molecule is C[C@H](C(=O)N1CCC(c2ccncc2)CC1)c1ccccc1. The van der Waals surface area contributed by atoms with Gasteiger partial charge < -0.3 is 4.90 Å². The van der Waals surface area contributed by atoms with Crippen molar-refractivity contribution in [2.45, 2.75) is 31.6 Å². The molecule has 22 heavy (non-hydrogen) atoms. The number of nitrogens with zero attached hydrogens (tertiary/aromatic N) is 2. The Morgan fingerprint density at radius 2 is 1.73 bits per heavy atom. The van der Waals surface area contributed by atoms with Crippen LogP contribution >= 0.6 is 0 Å². The van der Waals surface area contributed by atoms with Gasteiger partial charge in [-0.05, 0) is 48.9 Å². The number of rotatable bonds is 3. The summed E-state index contributed by atoms with van der Waals surface area (Å²) >= 11 is 0. The molecule has 0 bridgehead atoms. The first-order valence-corrected chi connectivity index (χ1v) is 7.99. The highest BCUT2D eigenvalue weighted by Crippen LogP contribution is 2.29. The molecular weight excluding hydrogens is 272 g/mol. The first-order chi connectivity index (χ1) is 10.8. The molecule has 1 amide bonds. The summed E-state index contributed by atoms with van der Waals surface area (Å²) in [7, 11) is 0. The number of aromatic nitrogens is 1. The van der Waals surface area contributed by atoms with Gasteiger partial charge in [0.1, 0.15) is 0 Å². The summed E-state index contributed by atoms with van der Waals surface area (Å²) < 4.78 is 0. The largest absolute Gasteiger partial charge is 0.342 e. The van der Waals surface area contributed by atoms with E-state index in [-0.39, 0.29) is 11.8 Å². The predicted octanol–water partition coefficient (Wildman–Crippen LogP) is 3.59. The number of carbonyl (C=O) groups is 1. The van der Waals surface area contributed by atoms with E-state index in [1.54, 1.807) is 0 Å². The second-order valence-electron chi connectivity index (χ2n) is 6.01. The fraction of sp³-hybridized carbons (Fsp3) is 0.368. The van der Waals surface area contributed by atoms with Crippen LogP contribution in [0.15, 0.2) is 54.9 Å². The molecule has 0 saturated carbocycles. The maximum atomic E-state index is 12.7. The minimum Gasteiger partial charge on any atom is -0.342 e. The molecule has 1 aromatic heterocycles. The molecule has 1 aliphatic rings. The van der Waals surface area contributed by atoms with Crippen molar-refractivity contribution in [2.75, 3.05) is 13.1 Å². The molecule has 3 heteroatoms. The Labute approximate surface area is 132 Å². The summed E-state index contributed by atoms with van der Waals surface area (Å²) in [5.41, 5.74) is 2.45. The number of hydrogen-bond acceptors (Lipinski definition) is 2. The molecule has 0 unspecified atom stereocenters. The quantitative estimate of drug-likeness (QED) is 0.866. The first-order valence-electron chi connectivity index (χ1n) is 7.99. The highest BCUT2D eigenvalue weighted by molar-refractivity contribution is 5.83.